The van der Waals surface area contributed by atoms with Crippen molar-refractivity contribution in [3.8, 4) is 0 Å². The van der Waals surface area contributed by atoms with E-state index in [1.807, 2.05) is 4.72 Å². The third-order valence-corrected chi connectivity index (χ3v) is 3.81. The van der Waals surface area contributed by atoms with Gasteiger partial charge in [0.05, 0.1) is 11.3 Å². The lowest BCUT2D eigenvalue weighted by atomic mass is 9.87. The summed E-state index contributed by atoms with van der Waals surface area (Å²) in [6.45, 7) is 8.33. The van der Waals surface area contributed by atoms with Gasteiger partial charge in [-0.15, -0.1) is 0 Å². The second-order valence-electron chi connectivity index (χ2n) is 4.90. The molecule has 0 aliphatic carbocycles. The third-order valence-electron chi connectivity index (χ3n) is 2.08. The maximum absolute atomic E-state index is 11.5. The van der Waals surface area contributed by atoms with Crippen molar-refractivity contribution in [3.63, 3.8) is 0 Å². The SMILES string of the molecule is CC(C)S(=O)(=O)NC(=O)[C@H](N)C(C)(C)C. The number of hydrogen-bond donors (Lipinski definition) is 2. The normalized spacial score (nSPS) is 15.1. The first-order valence-electron chi connectivity index (χ1n) is 4.79. The summed E-state index contributed by atoms with van der Waals surface area (Å²) >= 11 is 0. The van der Waals surface area contributed by atoms with Crippen LogP contribution in [-0.2, 0) is 14.8 Å². The number of nitrogens with two attached hydrogens (primary N) is 1. The van der Waals surface area contributed by atoms with E-state index in [9.17, 15) is 13.2 Å². The van der Waals surface area contributed by atoms with Crippen molar-refractivity contribution in [1.29, 1.82) is 0 Å². The van der Waals surface area contributed by atoms with Crippen molar-refractivity contribution >= 4 is 15.9 Å². The second-order valence-corrected chi connectivity index (χ2v) is 7.14. The monoisotopic (exact) mass is 236 g/mol. The fourth-order valence-corrected chi connectivity index (χ4v) is 1.36. The lowest BCUT2D eigenvalue weighted by molar-refractivity contribution is -0.122. The molecular formula is C9H20N2O3S. The van der Waals surface area contributed by atoms with Gasteiger partial charge in [0.25, 0.3) is 5.91 Å². The van der Waals surface area contributed by atoms with E-state index in [-0.39, 0.29) is 0 Å². The van der Waals surface area contributed by atoms with E-state index in [0.717, 1.165) is 0 Å². The first-order chi connectivity index (χ1) is 6.48. The van der Waals surface area contributed by atoms with Gasteiger partial charge in [0.2, 0.25) is 10.0 Å². The highest BCUT2D eigenvalue weighted by Crippen LogP contribution is 2.17. The van der Waals surface area contributed by atoms with Crippen molar-refractivity contribution in [2.24, 2.45) is 11.1 Å². The molecule has 0 aliphatic rings. The molecule has 0 saturated heterocycles. The van der Waals surface area contributed by atoms with Crippen LogP contribution in [0.3, 0.4) is 0 Å². The van der Waals surface area contributed by atoms with Crippen LogP contribution in [0, 0.1) is 5.41 Å². The van der Waals surface area contributed by atoms with Crippen molar-refractivity contribution in [1.82, 2.24) is 4.72 Å². The minimum absolute atomic E-state index is 0.462. The van der Waals surface area contributed by atoms with Gasteiger partial charge in [-0.2, -0.15) is 0 Å². The molecule has 0 aromatic rings. The Hall–Kier alpha value is -0.620. The quantitative estimate of drug-likeness (QED) is 0.733. The van der Waals surface area contributed by atoms with E-state index < -0.39 is 32.6 Å². The van der Waals surface area contributed by atoms with E-state index in [1.165, 1.54) is 13.8 Å². The minimum Gasteiger partial charge on any atom is -0.319 e. The molecule has 0 radical (unpaired) electrons. The van der Waals surface area contributed by atoms with Crippen LogP contribution >= 0.6 is 0 Å². The summed E-state index contributed by atoms with van der Waals surface area (Å²) in [5, 5.41) is -0.645. The average molecular weight is 236 g/mol. The number of hydrogen-bond acceptors (Lipinski definition) is 4. The van der Waals surface area contributed by atoms with E-state index in [1.54, 1.807) is 20.8 Å². The predicted molar refractivity (Wildman–Crippen MR) is 59.6 cm³/mol. The Balaban J connectivity index is 4.67. The summed E-state index contributed by atoms with van der Waals surface area (Å²) in [5.74, 6) is -0.656. The molecular weight excluding hydrogens is 216 g/mol. The van der Waals surface area contributed by atoms with E-state index in [4.69, 9.17) is 5.73 Å². The maximum Gasteiger partial charge on any atom is 0.250 e. The zero-order valence-electron chi connectivity index (χ0n) is 9.87. The highest BCUT2D eigenvalue weighted by atomic mass is 32.2. The Kier molecular flexibility index (Phi) is 4.30. The van der Waals surface area contributed by atoms with Gasteiger partial charge in [-0.05, 0) is 19.3 Å². The predicted octanol–water partition coefficient (Wildman–Crippen LogP) is 0.214. The van der Waals surface area contributed by atoms with Gasteiger partial charge < -0.3 is 5.73 Å². The molecule has 0 bridgehead atoms. The van der Waals surface area contributed by atoms with Crippen LogP contribution in [0.2, 0.25) is 0 Å². The van der Waals surface area contributed by atoms with Gasteiger partial charge in [0.1, 0.15) is 0 Å². The van der Waals surface area contributed by atoms with Crippen LogP contribution < -0.4 is 10.5 Å². The lowest BCUT2D eigenvalue weighted by Crippen LogP contribution is -2.51. The largest absolute Gasteiger partial charge is 0.319 e. The van der Waals surface area contributed by atoms with E-state index in [2.05, 4.69) is 0 Å². The van der Waals surface area contributed by atoms with Gasteiger partial charge in [0.15, 0.2) is 0 Å². The molecule has 0 spiro atoms. The van der Waals surface area contributed by atoms with Crippen LogP contribution in [0.25, 0.3) is 0 Å². The Bertz CT molecular complexity index is 328. The molecule has 0 saturated carbocycles. The standard InChI is InChI=1S/C9H20N2O3S/c1-6(2)15(13,14)11-8(12)7(10)9(3,4)5/h6-7H,10H2,1-5H3,(H,11,12)/t7-/m0/s1. The molecule has 5 nitrogen and oxygen atoms in total. The maximum atomic E-state index is 11.5. The molecule has 1 amide bonds. The molecule has 0 unspecified atom stereocenters. The highest BCUT2D eigenvalue weighted by molar-refractivity contribution is 7.90. The van der Waals surface area contributed by atoms with Crippen molar-refractivity contribution < 1.29 is 13.2 Å². The Morgan fingerprint density at radius 1 is 1.27 bits per heavy atom. The van der Waals surface area contributed by atoms with Crippen molar-refractivity contribution in [2.45, 2.75) is 45.9 Å². The first kappa shape index (κ1) is 14.4. The van der Waals surface area contributed by atoms with Gasteiger partial charge in [-0.1, -0.05) is 20.8 Å². The average Bonchev–Trinajstić information content (AvgIpc) is 2.00. The summed E-state index contributed by atoms with van der Waals surface area (Å²) in [6.07, 6.45) is 0. The van der Waals surface area contributed by atoms with Crippen LogP contribution in [0.4, 0.5) is 0 Å². The van der Waals surface area contributed by atoms with Gasteiger partial charge in [-0.25, -0.2) is 8.42 Å². The third kappa shape index (κ3) is 4.17. The zero-order chi connectivity index (χ0) is 12.4. The lowest BCUT2D eigenvalue weighted by Gasteiger charge is -2.25. The van der Waals surface area contributed by atoms with Gasteiger partial charge in [0, 0.05) is 0 Å². The van der Waals surface area contributed by atoms with Gasteiger partial charge >= 0.3 is 0 Å². The fourth-order valence-electron chi connectivity index (χ4n) is 0.715. The summed E-state index contributed by atoms with van der Waals surface area (Å²) < 4.78 is 24.7. The number of amides is 1. The topological polar surface area (TPSA) is 89.3 Å². The van der Waals surface area contributed by atoms with E-state index >= 15 is 0 Å². The molecule has 0 aliphatic heterocycles. The van der Waals surface area contributed by atoms with Crippen molar-refractivity contribution in [2.75, 3.05) is 0 Å². The van der Waals surface area contributed by atoms with Crippen LogP contribution in [0.1, 0.15) is 34.6 Å². The molecule has 0 aromatic heterocycles. The van der Waals surface area contributed by atoms with Crippen LogP contribution in [-0.4, -0.2) is 25.6 Å². The Morgan fingerprint density at radius 3 is 1.93 bits per heavy atom. The number of carbonyl (C=O) groups is 1. The highest BCUT2D eigenvalue weighted by Gasteiger charge is 2.30. The second kappa shape index (κ2) is 4.49. The molecule has 0 heterocycles. The first-order valence-corrected chi connectivity index (χ1v) is 6.34. The molecule has 15 heavy (non-hydrogen) atoms. The summed E-state index contributed by atoms with van der Waals surface area (Å²) in [4.78, 5) is 11.5. The van der Waals surface area contributed by atoms with Crippen LogP contribution in [0.5, 0.6) is 0 Å². The number of nitrogens with one attached hydrogen (secondary N) is 1. The van der Waals surface area contributed by atoms with Crippen molar-refractivity contribution in [3.05, 3.63) is 0 Å². The van der Waals surface area contributed by atoms with E-state index in [0.29, 0.717) is 0 Å². The number of sulfonamides is 1. The molecule has 6 heteroatoms. The molecule has 0 aromatic carbocycles. The Labute approximate surface area is 91.5 Å². The molecule has 3 N–H and O–H groups in total. The minimum atomic E-state index is -3.58. The van der Waals surface area contributed by atoms with Gasteiger partial charge in [-0.3, -0.25) is 9.52 Å². The molecule has 90 valence electrons. The fraction of sp³-hybridized carbons (Fsp3) is 0.889. The van der Waals surface area contributed by atoms with Crippen LogP contribution in [0.15, 0.2) is 0 Å². The molecule has 0 fully saturated rings. The Morgan fingerprint density at radius 2 is 1.67 bits per heavy atom. The number of rotatable bonds is 3. The number of carbonyl (C=O) groups excluding carboxylic acids is 1. The molecule has 0 rings (SSSR count). The zero-order valence-corrected chi connectivity index (χ0v) is 10.7. The summed E-state index contributed by atoms with van der Waals surface area (Å²) in [5.41, 5.74) is 5.16. The molecule has 1 atom stereocenters. The smallest absolute Gasteiger partial charge is 0.250 e. The summed E-state index contributed by atoms with van der Waals surface area (Å²) in [7, 11) is -3.58. The summed E-state index contributed by atoms with van der Waals surface area (Å²) in [6, 6.07) is -0.842.